The summed E-state index contributed by atoms with van der Waals surface area (Å²) in [5.74, 6) is 0.183. The van der Waals surface area contributed by atoms with E-state index in [9.17, 15) is 4.79 Å². The molecule has 4 heteroatoms. The number of aromatic nitrogens is 2. The molecule has 4 nitrogen and oxygen atoms in total. The van der Waals surface area contributed by atoms with Crippen molar-refractivity contribution >= 4 is 5.78 Å². The van der Waals surface area contributed by atoms with E-state index in [1.165, 1.54) is 12.8 Å². The molecule has 3 rings (SSSR count). The Morgan fingerprint density at radius 2 is 2.22 bits per heavy atom. The van der Waals surface area contributed by atoms with E-state index in [0.29, 0.717) is 0 Å². The molecule has 1 aromatic rings. The van der Waals surface area contributed by atoms with Crippen molar-refractivity contribution in [2.24, 2.45) is 0 Å². The number of nitrogens with zero attached hydrogens (tertiary/aromatic N) is 2. The molecule has 18 heavy (non-hydrogen) atoms. The van der Waals surface area contributed by atoms with E-state index in [2.05, 4.69) is 10.4 Å². The Morgan fingerprint density at radius 1 is 1.33 bits per heavy atom. The standard InChI is InChI=1S/C14H19N3O/c1-10-13(12-6-2-3-8-17(12)16-10)14(18)11-5-4-7-15-9-11/h9,15H,2-8H2,1H3. The number of aryl methyl sites for hydroxylation is 2. The van der Waals surface area contributed by atoms with Gasteiger partial charge < -0.3 is 5.32 Å². The van der Waals surface area contributed by atoms with Crippen molar-refractivity contribution in [1.29, 1.82) is 0 Å². The summed E-state index contributed by atoms with van der Waals surface area (Å²) < 4.78 is 2.03. The Kier molecular flexibility index (Phi) is 2.94. The van der Waals surface area contributed by atoms with Gasteiger partial charge in [-0.2, -0.15) is 5.10 Å². The first-order valence-electron chi connectivity index (χ1n) is 6.81. The Morgan fingerprint density at radius 3 is 3.00 bits per heavy atom. The van der Waals surface area contributed by atoms with E-state index in [-0.39, 0.29) is 5.78 Å². The molecule has 0 aliphatic carbocycles. The summed E-state index contributed by atoms with van der Waals surface area (Å²) in [7, 11) is 0. The average molecular weight is 245 g/mol. The van der Waals surface area contributed by atoms with Crippen LogP contribution in [0.3, 0.4) is 0 Å². The molecule has 0 spiro atoms. The maximum absolute atomic E-state index is 12.6. The summed E-state index contributed by atoms with van der Waals surface area (Å²) in [6.07, 6.45) is 7.14. The lowest BCUT2D eigenvalue weighted by Crippen LogP contribution is -2.20. The van der Waals surface area contributed by atoms with Crippen molar-refractivity contribution in [1.82, 2.24) is 15.1 Å². The van der Waals surface area contributed by atoms with Gasteiger partial charge in [0.2, 0.25) is 0 Å². The molecule has 1 aromatic heterocycles. The lowest BCUT2D eigenvalue weighted by atomic mass is 9.95. The molecule has 0 saturated heterocycles. The number of carbonyl (C=O) groups excluding carboxylic acids is 1. The number of fused-ring (bicyclic) bond motifs is 1. The molecule has 3 heterocycles. The Labute approximate surface area is 107 Å². The van der Waals surface area contributed by atoms with Crippen molar-refractivity contribution in [3.05, 3.63) is 28.7 Å². The summed E-state index contributed by atoms with van der Waals surface area (Å²) >= 11 is 0. The summed E-state index contributed by atoms with van der Waals surface area (Å²) in [6, 6.07) is 0. The Balaban J connectivity index is 1.98. The summed E-state index contributed by atoms with van der Waals surface area (Å²) in [5.41, 5.74) is 3.81. The third kappa shape index (κ3) is 1.85. The predicted molar refractivity (Wildman–Crippen MR) is 69.6 cm³/mol. The topological polar surface area (TPSA) is 46.9 Å². The second kappa shape index (κ2) is 4.59. The SMILES string of the molecule is Cc1nn2c(c1C(=O)C1=CNCCC1)CCCC2. The predicted octanol–water partition coefficient (Wildman–Crippen LogP) is 1.98. The van der Waals surface area contributed by atoms with Crippen LogP contribution in [0.15, 0.2) is 11.8 Å². The lowest BCUT2D eigenvalue weighted by molar-refractivity contribution is 0.102. The molecule has 0 radical (unpaired) electrons. The van der Waals surface area contributed by atoms with Crippen molar-refractivity contribution in [3.63, 3.8) is 0 Å². The van der Waals surface area contributed by atoms with Crippen LogP contribution in [0.4, 0.5) is 0 Å². The molecule has 0 fully saturated rings. The second-order valence-corrected chi connectivity index (χ2v) is 5.14. The minimum absolute atomic E-state index is 0.183. The maximum Gasteiger partial charge on any atom is 0.194 e. The number of Topliss-reactive ketones (excluding diaryl/α,β-unsaturated/α-hetero) is 1. The number of hydrogen-bond donors (Lipinski definition) is 1. The minimum atomic E-state index is 0.183. The van der Waals surface area contributed by atoms with E-state index in [0.717, 1.165) is 54.9 Å². The minimum Gasteiger partial charge on any atom is -0.391 e. The van der Waals surface area contributed by atoms with Gasteiger partial charge in [0.05, 0.1) is 11.3 Å². The molecule has 1 N–H and O–H groups in total. The zero-order valence-corrected chi connectivity index (χ0v) is 10.8. The van der Waals surface area contributed by atoms with Crippen molar-refractivity contribution in [2.75, 3.05) is 6.54 Å². The van der Waals surface area contributed by atoms with Crippen LogP contribution in [0.2, 0.25) is 0 Å². The van der Waals surface area contributed by atoms with Crippen molar-refractivity contribution < 1.29 is 4.79 Å². The highest BCUT2D eigenvalue weighted by Gasteiger charge is 2.25. The van der Waals surface area contributed by atoms with E-state index in [4.69, 9.17) is 0 Å². The highest BCUT2D eigenvalue weighted by molar-refractivity contribution is 6.10. The van der Waals surface area contributed by atoms with Crippen LogP contribution in [0.25, 0.3) is 0 Å². The van der Waals surface area contributed by atoms with E-state index in [1.807, 2.05) is 17.8 Å². The van der Waals surface area contributed by atoms with E-state index in [1.54, 1.807) is 0 Å². The van der Waals surface area contributed by atoms with Crippen LogP contribution in [0.1, 0.15) is 47.4 Å². The van der Waals surface area contributed by atoms with Gasteiger partial charge in [0, 0.05) is 30.6 Å². The zero-order valence-electron chi connectivity index (χ0n) is 10.8. The molecule has 2 aliphatic rings. The number of nitrogens with one attached hydrogen (secondary N) is 1. The van der Waals surface area contributed by atoms with Crippen LogP contribution in [0.5, 0.6) is 0 Å². The van der Waals surface area contributed by atoms with Gasteiger partial charge in [-0.1, -0.05) is 0 Å². The van der Waals surface area contributed by atoms with Gasteiger partial charge in [0.1, 0.15) is 0 Å². The average Bonchev–Trinajstić information content (AvgIpc) is 2.75. The molecule has 0 bridgehead atoms. The maximum atomic E-state index is 12.6. The Hall–Kier alpha value is -1.58. The molecule has 0 atom stereocenters. The van der Waals surface area contributed by atoms with Crippen molar-refractivity contribution in [3.8, 4) is 0 Å². The number of ketones is 1. The second-order valence-electron chi connectivity index (χ2n) is 5.14. The number of allylic oxidation sites excluding steroid dienone is 1. The molecule has 0 saturated carbocycles. The quantitative estimate of drug-likeness (QED) is 0.810. The normalized spacial score (nSPS) is 18.8. The molecule has 0 amide bonds. The Bertz CT molecular complexity index is 513. The smallest absolute Gasteiger partial charge is 0.194 e. The molecular formula is C14H19N3O. The largest absolute Gasteiger partial charge is 0.391 e. The molecule has 96 valence electrons. The molecule has 0 aromatic carbocycles. The van der Waals surface area contributed by atoms with Crippen molar-refractivity contribution in [2.45, 2.75) is 45.6 Å². The highest BCUT2D eigenvalue weighted by Crippen LogP contribution is 2.25. The lowest BCUT2D eigenvalue weighted by Gasteiger charge is -2.16. The zero-order chi connectivity index (χ0) is 12.5. The van der Waals surface area contributed by atoms with Crippen LogP contribution >= 0.6 is 0 Å². The molecule has 2 aliphatic heterocycles. The van der Waals surface area contributed by atoms with E-state index >= 15 is 0 Å². The van der Waals surface area contributed by atoms with Gasteiger partial charge in [-0.25, -0.2) is 0 Å². The van der Waals surface area contributed by atoms with Crippen LogP contribution < -0.4 is 5.32 Å². The van der Waals surface area contributed by atoms with Crippen LogP contribution in [0, 0.1) is 6.92 Å². The first kappa shape index (κ1) is 11.5. The first-order chi connectivity index (χ1) is 8.77. The number of hydrogen-bond acceptors (Lipinski definition) is 3. The molecule has 0 unspecified atom stereocenters. The fourth-order valence-electron chi connectivity index (χ4n) is 2.91. The summed E-state index contributed by atoms with van der Waals surface area (Å²) in [6.45, 7) is 3.89. The van der Waals surface area contributed by atoms with Gasteiger partial charge in [-0.15, -0.1) is 0 Å². The van der Waals surface area contributed by atoms with Gasteiger partial charge in [-0.3, -0.25) is 9.48 Å². The van der Waals surface area contributed by atoms with Crippen LogP contribution in [-0.2, 0) is 13.0 Å². The summed E-state index contributed by atoms with van der Waals surface area (Å²) in [5, 5.41) is 7.68. The van der Waals surface area contributed by atoms with Gasteiger partial charge in [-0.05, 0) is 39.0 Å². The third-order valence-electron chi connectivity index (χ3n) is 3.83. The van der Waals surface area contributed by atoms with Gasteiger partial charge >= 0.3 is 0 Å². The molecular weight excluding hydrogens is 226 g/mol. The third-order valence-corrected chi connectivity index (χ3v) is 3.83. The van der Waals surface area contributed by atoms with E-state index < -0.39 is 0 Å². The monoisotopic (exact) mass is 245 g/mol. The highest BCUT2D eigenvalue weighted by atomic mass is 16.1. The van der Waals surface area contributed by atoms with Crippen LogP contribution in [-0.4, -0.2) is 22.1 Å². The first-order valence-corrected chi connectivity index (χ1v) is 6.81. The number of carbonyl (C=O) groups is 1. The number of rotatable bonds is 2. The fraction of sp³-hybridized carbons (Fsp3) is 0.571. The van der Waals surface area contributed by atoms with Gasteiger partial charge in [0.25, 0.3) is 0 Å². The summed E-state index contributed by atoms with van der Waals surface area (Å²) in [4.78, 5) is 12.6. The van der Waals surface area contributed by atoms with Gasteiger partial charge in [0.15, 0.2) is 5.78 Å². The fourth-order valence-corrected chi connectivity index (χ4v) is 2.91.